The standard InChI is InChI=1S/C28H35BFNO5/c1-15-9-21(30)17(11-20(15)29-35-27(5,6)28(7,8)36-29)14-33-22-12-16-10-18-23(19(16)13-31-22)24(18)25(32)34-26(2,3)4/h9,11-13,18,23-24H,10,14H2,1-8H3/t18-,23-,24+/m1/s1. The third kappa shape index (κ3) is 4.43. The minimum Gasteiger partial charge on any atom is -0.473 e. The molecule has 2 aliphatic carbocycles. The Morgan fingerprint density at radius 3 is 2.47 bits per heavy atom. The number of hydrogen-bond acceptors (Lipinski definition) is 6. The molecule has 36 heavy (non-hydrogen) atoms. The lowest BCUT2D eigenvalue weighted by atomic mass is 9.75. The van der Waals surface area contributed by atoms with Gasteiger partial charge < -0.3 is 18.8 Å². The van der Waals surface area contributed by atoms with E-state index >= 15 is 0 Å². The molecular formula is C28H35BFNO5. The van der Waals surface area contributed by atoms with Gasteiger partial charge in [-0.1, -0.05) is 6.07 Å². The quantitative estimate of drug-likeness (QED) is 0.445. The van der Waals surface area contributed by atoms with Gasteiger partial charge in [-0.2, -0.15) is 0 Å². The lowest BCUT2D eigenvalue weighted by Gasteiger charge is -2.32. The number of carbonyl (C=O) groups excluding carboxylic acids is 1. The fourth-order valence-electron chi connectivity index (χ4n) is 5.26. The van der Waals surface area contributed by atoms with E-state index in [1.807, 2.05) is 61.5 Å². The summed E-state index contributed by atoms with van der Waals surface area (Å²) in [7, 11) is -0.572. The van der Waals surface area contributed by atoms with Crippen molar-refractivity contribution >= 4 is 18.6 Å². The number of benzene rings is 1. The second kappa shape index (κ2) is 8.28. The van der Waals surface area contributed by atoms with E-state index in [-0.39, 0.29) is 36.1 Å². The maximum atomic E-state index is 14.8. The molecule has 8 heteroatoms. The molecule has 6 nitrogen and oxygen atoms in total. The minimum atomic E-state index is -0.572. The molecule has 0 radical (unpaired) electrons. The highest BCUT2D eigenvalue weighted by Gasteiger charge is 2.61. The summed E-state index contributed by atoms with van der Waals surface area (Å²) in [6.45, 7) is 15.5. The number of rotatable bonds is 5. The van der Waals surface area contributed by atoms with Crippen LogP contribution >= 0.6 is 0 Å². The van der Waals surface area contributed by atoms with Crippen LogP contribution in [0.2, 0.25) is 0 Å². The van der Waals surface area contributed by atoms with Crippen molar-refractivity contribution in [3.63, 3.8) is 0 Å². The monoisotopic (exact) mass is 495 g/mol. The molecule has 2 heterocycles. The predicted molar refractivity (Wildman–Crippen MR) is 135 cm³/mol. The van der Waals surface area contributed by atoms with Gasteiger partial charge in [-0.05, 0) is 95.9 Å². The lowest BCUT2D eigenvalue weighted by Crippen LogP contribution is -2.41. The van der Waals surface area contributed by atoms with Crippen molar-refractivity contribution in [2.45, 2.75) is 91.1 Å². The van der Waals surface area contributed by atoms with Gasteiger partial charge in [0.1, 0.15) is 18.0 Å². The van der Waals surface area contributed by atoms with Crippen molar-refractivity contribution in [3.8, 4) is 5.88 Å². The molecule has 0 bridgehead atoms. The van der Waals surface area contributed by atoms with E-state index < -0.39 is 23.9 Å². The summed E-state index contributed by atoms with van der Waals surface area (Å²) in [5, 5.41) is 0. The van der Waals surface area contributed by atoms with Gasteiger partial charge in [0.15, 0.2) is 0 Å². The van der Waals surface area contributed by atoms with Crippen molar-refractivity contribution in [3.05, 3.63) is 52.5 Å². The van der Waals surface area contributed by atoms with Crippen molar-refractivity contribution in [1.82, 2.24) is 4.98 Å². The molecule has 1 aromatic carbocycles. The molecule has 1 aromatic heterocycles. The van der Waals surface area contributed by atoms with E-state index in [9.17, 15) is 9.18 Å². The van der Waals surface area contributed by atoms with Gasteiger partial charge in [0.25, 0.3) is 0 Å². The van der Waals surface area contributed by atoms with Crippen LogP contribution in [0.15, 0.2) is 24.4 Å². The van der Waals surface area contributed by atoms with Crippen LogP contribution in [0, 0.1) is 24.6 Å². The van der Waals surface area contributed by atoms with Gasteiger partial charge in [0.05, 0.1) is 17.1 Å². The van der Waals surface area contributed by atoms with Crippen molar-refractivity contribution in [1.29, 1.82) is 0 Å². The van der Waals surface area contributed by atoms with Gasteiger partial charge in [-0.15, -0.1) is 0 Å². The van der Waals surface area contributed by atoms with Crippen molar-refractivity contribution in [2.75, 3.05) is 0 Å². The van der Waals surface area contributed by atoms with E-state index in [1.54, 1.807) is 12.3 Å². The smallest absolute Gasteiger partial charge is 0.473 e. The molecule has 2 aromatic rings. The Kier molecular flexibility index (Phi) is 5.80. The number of ether oxygens (including phenoxy) is 2. The Bertz CT molecular complexity index is 1210. The zero-order chi connectivity index (χ0) is 26.2. The molecule has 0 unspecified atom stereocenters. The normalized spacial score (nSPS) is 25.4. The minimum absolute atomic E-state index is 0.0395. The Balaban J connectivity index is 1.27. The fraction of sp³-hybridized carbons (Fsp3) is 0.571. The van der Waals surface area contributed by atoms with Crippen molar-refractivity contribution < 1.29 is 28.0 Å². The van der Waals surface area contributed by atoms with Crippen LogP contribution in [0.4, 0.5) is 4.39 Å². The summed E-state index contributed by atoms with van der Waals surface area (Å²) in [6.07, 6.45) is 2.59. The SMILES string of the molecule is Cc1cc(F)c(COc2cc3c(cn2)[C@H]2[C@@H](C3)[C@@H]2C(=O)OC(C)(C)C)cc1B1OC(C)(C)C(C)(C)O1. The molecule has 0 N–H and O–H groups in total. The number of aryl methyl sites for hydroxylation is 1. The summed E-state index contributed by atoms with van der Waals surface area (Å²) < 4.78 is 38.6. The van der Waals surface area contributed by atoms with Crippen LogP contribution < -0.4 is 10.2 Å². The predicted octanol–water partition coefficient (Wildman–Crippen LogP) is 4.63. The Morgan fingerprint density at radius 1 is 1.17 bits per heavy atom. The highest BCUT2D eigenvalue weighted by molar-refractivity contribution is 6.62. The third-order valence-corrected chi connectivity index (χ3v) is 7.98. The van der Waals surface area contributed by atoms with Crippen LogP contribution in [0.1, 0.15) is 76.6 Å². The molecule has 0 spiro atoms. The van der Waals surface area contributed by atoms with Crippen LogP contribution in [0.5, 0.6) is 5.88 Å². The number of hydrogen-bond donors (Lipinski definition) is 0. The van der Waals surface area contributed by atoms with Gasteiger partial charge in [-0.25, -0.2) is 9.37 Å². The molecule has 1 saturated carbocycles. The Hall–Kier alpha value is -2.45. The molecule has 3 aliphatic rings. The molecular weight excluding hydrogens is 460 g/mol. The first-order chi connectivity index (χ1) is 16.7. The number of aromatic nitrogens is 1. The average molecular weight is 495 g/mol. The van der Waals surface area contributed by atoms with Crippen LogP contribution in [0.3, 0.4) is 0 Å². The summed E-state index contributed by atoms with van der Waals surface area (Å²) in [6, 6.07) is 5.18. The first-order valence-corrected chi connectivity index (χ1v) is 12.7. The van der Waals surface area contributed by atoms with E-state index in [1.165, 1.54) is 6.07 Å². The molecule has 5 rings (SSSR count). The molecule has 3 atom stereocenters. The van der Waals surface area contributed by atoms with Crippen LogP contribution in [0.25, 0.3) is 0 Å². The fourth-order valence-corrected chi connectivity index (χ4v) is 5.26. The zero-order valence-corrected chi connectivity index (χ0v) is 22.4. The second-order valence-electron chi connectivity index (χ2n) is 12.4. The second-order valence-corrected chi connectivity index (χ2v) is 12.4. The largest absolute Gasteiger partial charge is 0.495 e. The zero-order valence-electron chi connectivity index (χ0n) is 22.4. The molecule has 2 fully saturated rings. The van der Waals surface area contributed by atoms with E-state index in [0.29, 0.717) is 11.4 Å². The Morgan fingerprint density at radius 2 is 1.83 bits per heavy atom. The average Bonchev–Trinajstić information content (AvgIpc) is 3.25. The highest BCUT2D eigenvalue weighted by Crippen LogP contribution is 2.62. The number of carbonyl (C=O) groups is 1. The topological polar surface area (TPSA) is 66.9 Å². The number of nitrogens with zero attached hydrogens (tertiary/aromatic N) is 1. The highest BCUT2D eigenvalue weighted by atomic mass is 19.1. The van der Waals surface area contributed by atoms with E-state index in [0.717, 1.165) is 28.6 Å². The van der Waals surface area contributed by atoms with E-state index in [4.69, 9.17) is 18.8 Å². The maximum absolute atomic E-state index is 14.8. The van der Waals surface area contributed by atoms with Gasteiger partial charge in [-0.3, -0.25) is 4.79 Å². The summed E-state index contributed by atoms with van der Waals surface area (Å²) in [4.78, 5) is 16.9. The number of esters is 1. The third-order valence-electron chi connectivity index (χ3n) is 7.98. The number of pyridine rings is 1. The first kappa shape index (κ1) is 25.2. The number of fused-ring (bicyclic) bond motifs is 3. The first-order valence-electron chi connectivity index (χ1n) is 12.7. The van der Waals surface area contributed by atoms with Crippen LogP contribution in [-0.2, 0) is 31.9 Å². The van der Waals surface area contributed by atoms with Crippen LogP contribution in [-0.4, -0.2) is 34.9 Å². The molecule has 1 saturated heterocycles. The molecule has 192 valence electrons. The Labute approximate surface area is 213 Å². The maximum Gasteiger partial charge on any atom is 0.495 e. The lowest BCUT2D eigenvalue weighted by molar-refractivity contribution is -0.157. The summed E-state index contributed by atoms with van der Waals surface area (Å²) in [5.74, 6) is 0.338. The van der Waals surface area contributed by atoms with Gasteiger partial charge >= 0.3 is 13.1 Å². The summed E-state index contributed by atoms with van der Waals surface area (Å²) >= 11 is 0. The van der Waals surface area contributed by atoms with E-state index in [2.05, 4.69) is 4.98 Å². The summed E-state index contributed by atoms with van der Waals surface area (Å²) in [5.41, 5.74) is 2.76. The van der Waals surface area contributed by atoms with Crippen molar-refractivity contribution in [2.24, 2.45) is 11.8 Å². The molecule has 1 aliphatic heterocycles. The van der Waals surface area contributed by atoms with Gasteiger partial charge in [0, 0.05) is 23.7 Å². The van der Waals surface area contributed by atoms with Gasteiger partial charge in [0.2, 0.25) is 5.88 Å². The molecule has 0 amide bonds. The number of halogens is 1.